The third kappa shape index (κ3) is 5.04. The highest BCUT2D eigenvalue weighted by atomic mass is 79.9. The second kappa shape index (κ2) is 8.39. The van der Waals surface area contributed by atoms with E-state index in [2.05, 4.69) is 15.9 Å². The van der Waals surface area contributed by atoms with E-state index in [4.69, 9.17) is 9.47 Å². The summed E-state index contributed by atoms with van der Waals surface area (Å²) < 4.78 is 11.5. The quantitative estimate of drug-likeness (QED) is 0.557. The molecular weight excluding hydrogens is 344 g/mol. The zero-order valence-corrected chi connectivity index (χ0v) is 13.9. The lowest BCUT2D eigenvalue weighted by molar-refractivity contribution is -0.137. The second-order valence-electron chi connectivity index (χ2n) is 4.54. The number of hydrogen-bond donors (Lipinski definition) is 0. The molecular formula is C18H17BrO3. The van der Waals surface area contributed by atoms with Gasteiger partial charge in [-0.15, -0.1) is 0 Å². The predicted molar refractivity (Wildman–Crippen MR) is 90.6 cm³/mol. The minimum atomic E-state index is -0.348. The average molecular weight is 361 g/mol. The third-order valence-electron chi connectivity index (χ3n) is 2.91. The van der Waals surface area contributed by atoms with Gasteiger partial charge in [-0.3, -0.25) is 0 Å². The number of halogens is 1. The van der Waals surface area contributed by atoms with Crippen molar-refractivity contribution in [3.63, 3.8) is 0 Å². The second-order valence-corrected chi connectivity index (χ2v) is 5.40. The summed E-state index contributed by atoms with van der Waals surface area (Å²) in [7, 11) is 0. The summed E-state index contributed by atoms with van der Waals surface area (Å²) >= 11 is 3.48. The first-order valence-corrected chi connectivity index (χ1v) is 7.79. The topological polar surface area (TPSA) is 35.5 Å². The number of rotatable bonds is 6. The minimum absolute atomic E-state index is 0.348. The largest absolute Gasteiger partial charge is 0.489 e. The van der Waals surface area contributed by atoms with Crippen LogP contribution < -0.4 is 4.74 Å². The molecule has 0 spiro atoms. The van der Waals surface area contributed by atoms with Crippen LogP contribution in [0.4, 0.5) is 0 Å². The van der Waals surface area contributed by atoms with E-state index in [0.29, 0.717) is 13.2 Å². The molecule has 0 fully saturated rings. The molecule has 2 aromatic rings. The average Bonchev–Trinajstić information content (AvgIpc) is 2.53. The number of carbonyl (C=O) groups excluding carboxylic acids is 1. The van der Waals surface area contributed by atoms with Gasteiger partial charge in [-0.05, 0) is 36.3 Å². The predicted octanol–water partition coefficient (Wildman–Crippen LogP) is 4.60. The smallest absolute Gasteiger partial charge is 0.330 e. The van der Waals surface area contributed by atoms with Crippen molar-refractivity contribution in [1.29, 1.82) is 0 Å². The van der Waals surface area contributed by atoms with Crippen LogP contribution in [0.5, 0.6) is 5.75 Å². The molecule has 0 saturated carbocycles. The van der Waals surface area contributed by atoms with Crippen LogP contribution in [0.25, 0.3) is 6.08 Å². The Kier molecular flexibility index (Phi) is 6.22. The van der Waals surface area contributed by atoms with Gasteiger partial charge in [0.15, 0.2) is 0 Å². The lowest BCUT2D eigenvalue weighted by atomic mass is 10.2. The molecule has 2 rings (SSSR count). The Hall–Kier alpha value is -2.07. The molecule has 0 unspecified atom stereocenters. The molecule has 0 aromatic heterocycles. The standard InChI is InChI=1S/C18H17BrO3/c1-2-21-18(20)11-9-15-8-10-16(12-17(15)19)22-13-14-6-4-3-5-7-14/h3-12H,2,13H2,1H3. The molecule has 0 amide bonds. The number of benzene rings is 2. The van der Waals surface area contributed by atoms with E-state index in [1.807, 2.05) is 48.5 Å². The lowest BCUT2D eigenvalue weighted by Gasteiger charge is -2.08. The number of ether oxygens (including phenoxy) is 2. The van der Waals surface area contributed by atoms with Gasteiger partial charge >= 0.3 is 5.97 Å². The lowest BCUT2D eigenvalue weighted by Crippen LogP contribution is -1.98. The summed E-state index contributed by atoms with van der Waals surface area (Å²) in [6.45, 7) is 2.67. The van der Waals surface area contributed by atoms with Crippen molar-refractivity contribution in [1.82, 2.24) is 0 Å². The maximum absolute atomic E-state index is 11.3. The molecule has 0 aliphatic rings. The third-order valence-corrected chi connectivity index (χ3v) is 3.59. The van der Waals surface area contributed by atoms with E-state index >= 15 is 0 Å². The molecule has 0 bridgehead atoms. The SMILES string of the molecule is CCOC(=O)C=Cc1ccc(OCc2ccccc2)cc1Br. The van der Waals surface area contributed by atoms with Crippen LogP contribution in [0.1, 0.15) is 18.1 Å². The summed E-state index contributed by atoms with van der Waals surface area (Å²) in [6.07, 6.45) is 3.12. The molecule has 0 aliphatic carbocycles. The van der Waals surface area contributed by atoms with E-state index in [9.17, 15) is 4.79 Å². The van der Waals surface area contributed by atoms with Crippen LogP contribution in [0.3, 0.4) is 0 Å². The van der Waals surface area contributed by atoms with Crippen molar-refractivity contribution in [3.05, 3.63) is 70.2 Å². The van der Waals surface area contributed by atoms with Crippen LogP contribution in [-0.2, 0) is 16.1 Å². The highest BCUT2D eigenvalue weighted by Crippen LogP contribution is 2.24. The van der Waals surface area contributed by atoms with Crippen molar-refractivity contribution >= 4 is 28.0 Å². The van der Waals surface area contributed by atoms with Crippen molar-refractivity contribution in [3.8, 4) is 5.75 Å². The Labute approximate surface area is 138 Å². The van der Waals surface area contributed by atoms with Crippen LogP contribution in [0.2, 0.25) is 0 Å². The van der Waals surface area contributed by atoms with Gasteiger partial charge in [-0.2, -0.15) is 0 Å². The fourth-order valence-corrected chi connectivity index (χ4v) is 2.31. The molecule has 22 heavy (non-hydrogen) atoms. The van der Waals surface area contributed by atoms with Crippen LogP contribution in [-0.4, -0.2) is 12.6 Å². The van der Waals surface area contributed by atoms with Crippen molar-refractivity contribution in [2.45, 2.75) is 13.5 Å². The van der Waals surface area contributed by atoms with E-state index in [1.165, 1.54) is 6.08 Å². The van der Waals surface area contributed by atoms with Gasteiger partial charge in [0, 0.05) is 10.5 Å². The highest BCUT2D eigenvalue weighted by molar-refractivity contribution is 9.10. The first-order valence-electron chi connectivity index (χ1n) is 7.00. The summed E-state index contributed by atoms with van der Waals surface area (Å²) in [5.74, 6) is 0.419. The molecule has 3 nitrogen and oxygen atoms in total. The first-order chi connectivity index (χ1) is 10.7. The zero-order valence-electron chi connectivity index (χ0n) is 12.3. The molecule has 4 heteroatoms. The number of hydrogen-bond acceptors (Lipinski definition) is 3. The van der Waals surface area contributed by atoms with E-state index in [-0.39, 0.29) is 5.97 Å². The summed E-state index contributed by atoms with van der Waals surface area (Å²) in [4.78, 5) is 11.3. The van der Waals surface area contributed by atoms with Crippen molar-refractivity contribution in [2.75, 3.05) is 6.61 Å². The summed E-state index contributed by atoms with van der Waals surface area (Å²) in [6, 6.07) is 15.6. The Morgan fingerprint density at radius 3 is 2.64 bits per heavy atom. The molecule has 114 valence electrons. The normalized spacial score (nSPS) is 10.6. The molecule has 0 atom stereocenters. The van der Waals surface area contributed by atoms with Gasteiger partial charge < -0.3 is 9.47 Å². The van der Waals surface area contributed by atoms with E-state index in [1.54, 1.807) is 13.0 Å². The zero-order chi connectivity index (χ0) is 15.8. The van der Waals surface area contributed by atoms with Crippen LogP contribution >= 0.6 is 15.9 Å². The summed E-state index contributed by atoms with van der Waals surface area (Å²) in [5.41, 5.74) is 2.00. The fourth-order valence-electron chi connectivity index (χ4n) is 1.82. The molecule has 2 aromatic carbocycles. The first kappa shape index (κ1) is 16.3. The Bertz CT molecular complexity index is 651. The van der Waals surface area contributed by atoms with Crippen LogP contribution in [0, 0.1) is 0 Å². The van der Waals surface area contributed by atoms with Gasteiger partial charge in [-0.1, -0.05) is 52.3 Å². The van der Waals surface area contributed by atoms with Gasteiger partial charge in [0.05, 0.1) is 6.61 Å². The van der Waals surface area contributed by atoms with E-state index in [0.717, 1.165) is 21.3 Å². The van der Waals surface area contributed by atoms with Gasteiger partial charge in [0.2, 0.25) is 0 Å². The molecule has 0 aliphatic heterocycles. The maximum atomic E-state index is 11.3. The number of carbonyl (C=O) groups is 1. The van der Waals surface area contributed by atoms with Gasteiger partial charge in [0.25, 0.3) is 0 Å². The van der Waals surface area contributed by atoms with Crippen molar-refractivity contribution in [2.24, 2.45) is 0 Å². The summed E-state index contributed by atoms with van der Waals surface area (Å²) in [5, 5.41) is 0. The Morgan fingerprint density at radius 1 is 1.18 bits per heavy atom. The van der Waals surface area contributed by atoms with Gasteiger partial charge in [0.1, 0.15) is 12.4 Å². The Balaban J connectivity index is 1.98. The molecule has 0 saturated heterocycles. The minimum Gasteiger partial charge on any atom is -0.489 e. The highest BCUT2D eigenvalue weighted by Gasteiger charge is 2.02. The fraction of sp³-hybridized carbons (Fsp3) is 0.167. The van der Waals surface area contributed by atoms with Gasteiger partial charge in [-0.25, -0.2) is 4.79 Å². The van der Waals surface area contributed by atoms with Crippen molar-refractivity contribution < 1.29 is 14.3 Å². The monoisotopic (exact) mass is 360 g/mol. The maximum Gasteiger partial charge on any atom is 0.330 e. The molecule has 0 heterocycles. The Morgan fingerprint density at radius 2 is 1.95 bits per heavy atom. The van der Waals surface area contributed by atoms with Crippen LogP contribution in [0.15, 0.2) is 59.1 Å². The van der Waals surface area contributed by atoms with E-state index < -0.39 is 0 Å². The molecule has 0 N–H and O–H groups in total. The number of esters is 1. The molecule has 0 radical (unpaired) electrons.